The van der Waals surface area contributed by atoms with E-state index in [1.807, 2.05) is 32.9 Å². The van der Waals surface area contributed by atoms with Crippen LogP contribution in [0.25, 0.3) is 0 Å². The summed E-state index contributed by atoms with van der Waals surface area (Å²) in [6.07, 6.45) is 13.1. The van der Waals surface area contributed by atoms with Crippen LogP contribution in [0.15, 0.2) is 34.9 Å². The van der Waals surface area contributed by atoms with Gasteiger partial charge in [-0.15, -0.1) is 0 Å². The molecule has 1 aliphatic carbocycles. The lowest BCUT2D eigenvalue weighted by Crippen LogP contribution is -2.37. The predicted molar refractivity (Wildman–Crippen MR) is 86.6 cm³/mol. The molecule has 1 N–H and O–H groups in total. The lowest BCUT2D eigenvalue weighted by Gasteiger charge is -2.23. The molecule has 0 spiro atoms. The first kappa shape index (κ1) is 16.7. The van der Waals surface area contributed by atoms with Crippen LogP contribution in [0.2, 0.25) is 0 Å². The van der Waals surface area contributed by atoms with Crippen molar-refractivity contribution in [1.29, 1.82) is 0 Å². The first-order chi connectivity index (χ1) is 9.58. The van der Waals surface area contributed by atoms with Gasteiger partial charge < -0.3 is 5.32 Å². The molecule has 0 aromatic rings. The Morgan fingerprint density at radius 3 is 2.40 bits per heavy atom. The maximum absolute atomic E-state index is 12.5. The topological polar surface area (TPSA) is 29.1 Å². The van der Waals surface area contributed by atoms with Crippen LogP contribution in [-0.2, 0) is 4.79 Å². The van der Waals surface area contributed by atoms with E-state index in [0.717, 1.165) is 36.0 Å². The first-order valence-corrected chi connectivity index (χ1v) is 7.91. The number of nitrogens with one attached hydrogen (secondary N) is 1. The zero-order chi connectivity index (χ0) is 15.0. The third-order valence-corrected chi connectivity index (χ3v) is 3.95. The maximum atomic E-state index is 12.5. The average Bonchev–Trinajstić information content (AvgIpc) is 2.45. The zero-order valence-electron chi connectivity index (χ0n) is 13.5. The van der Waals surface area contributed by atoms with Gasteiger partial charge in [0.2, 0.25) is 0 Å². The molecule has 0 atom stereocenters. The Morgan fingerprint density at radius 2 is 1.85 bits per heavy atom. The van der Waals surface area contributed by atoms with Gasteiger partial charge in [-0.3, -0.25) is 4.79 Å². The molecule has 0 saturated heterocycles. The van der Waals surface area contributed by atoms with Crippen LogP contribution in [0.3, 0.4) is 0 Å². The second kappa shape index (κ2) is 8.78. The predicted octanol–water partition coefficient (Wildman–Crippen LogP) is 4.68. The molecule has 1 saturated carbocycles. The van der Waals surface area contributed by atoms with Crippen LogP contribution in [-0.4, -0.2) is 11.9 Å². The molecular weight excluding hydrogens is 246 g/mol. The van der Waals surface area contributed by atoms with Gasteiger partial charge >= 0.3 is 0 Å². The number of hydrogen-bond acceptors (Lipinski definition) is 1. The van der Waals surface area contributed by atoms with Crippen LogP contribution >= 0.6 is 0 Å². The van der Waals surface area contributed by atoms with E-state index in [0.29, 0.717) is 6.04 Å². The van der Waals surface area contributed by atoms with Crippen LogP contribution < -0.4 is 5.32 Å². The van der Waals surface area contributed by atoms with E-state index in [2.05, 4.69) is 18.3 Å². The summed E-state index contributed by atoms with van der Waals surface area (Å²) in [6, 6.07) is 0.361. The van der Waals surface area contributed by atoms with Gasteiger partial charge in [-0.25, -0.2) is 0 Å². The molecule has 1 rings (SSSR count). The van der Waals surface area contributed by atoms with E-state index in [1.54, 1.807) is 0 Å². The zero-order valence-corrected chi connectivity index (χ0v) is 13.5. The lowest BCUT2D eigenvalue weighted by atomic mass is 9.94. The largest absolute Gasteiger partial charge is 0.349 e. The molecule has 0 aliphatic heterocycles. The highest BCUT2D eigenvalue weighted by Gasteiger charge is 2.18. The molecule has 20 heavy (non-hydrogen) atoms. The minimum absolute atomic E-state index is 0.0836. The molecule has 2 nitrogen and oxygen atoms in total. The van der Waals surface area contributed by atoms with Gasteiger partial charge in [0.1, 0.15) is 0 Å². The van der Waals surface area contributed by atoms with E-state index in [1.165, 1.54) is 19.3 Å². The Morgan fingerprint density at radius 1 is 1.20 bits per heavy atom. The van der Waals surface area contributed by atoms with Crippen molar-refractivity contribution in [3.63, 3.8) is 0 Å². The number of allylic oxidation sites excluding steroid dienone is 4. The van der Waals surface area contributed by atoms with Crippen molar-refractivity contribution in [1.82, 2.24) is 5.32 Å². The summed E-state index contributed by atoms with van der Waals surface area (Å²) in [4.78, 5) is 12.5. The SMILES string of the molecule is C\C=C(C)/C=C(C(=O)NC1CCCCC1)\C(C)=C\CC. The van der Waals surface area contributed by atoms with Gasteiger partial charge in [-0.05, 0) is 51.7 Å². The van der Waals surface area contributed by atoms with Crippen LogP contribution in [0.5, 0.6) is 0 Å². The number of carbonyl (C=O) groups excluding carboxylic acids is 1. The third-order valence-electron chi connectivity index (χ3n) is 3.95. The van der Waals surface area contributed by atoms with Gasteiger partial charge in [0.25, 0.3) is 5.91 Å². The van der Waals surface area contributed by atoms with Crippen LogP contribution in [0, 0.1) is 0 Å². The van der Waals surface area contributed by atoms with E-state index in [-0.39, 0.29) is 5.91 Å². The molecule has 1 aliphatic rings. The Hall–Kier alpha value is -1.31. The summed E-state index contributed by atoms with van der Waals surface area (Å²) in [5.41, 5.74) is 3.01. The fourth-order valence-corrected chi connectivity index (χ4v) is 2.60. The Kier molecular flexibility index (Phi) is 7.35. The molecule has 0 aromatic heterocycles. The number of hydrogen-bond donors (Lipinski definition) is 1. The van der Waals surface area contributed by atoms with Crippen molar-refractivity contribution < 1.29 is 4.79 Å². The quantitative estimate of drug-likeness (QED) is 0.572. The summed E-state index contributed by atoms with van der Waals surface area (Å²) < 4.78 is 0. The summed E-state index contributed by atoms with van der Waals surface area (Å²) in [6.45, 7) is 8.16. The van der Waals surface area contributed by atoms with Gasteiger partial charge in [0, 0.05) is 11.6 Å². The van der Waals surface area contributed by atoms with Crippen molar-refractivity contribution in [3.05, 3.63) is 34.9 Å². The van der Waals surface area contributed by atoms with E-state index in [9.17, 15) is 4.79 Å². The van der Waals surface area contributed by atoms with Gasteiger partial charge in [0.05, 0.1) is 0 Å². The van der Waals surface area contributed by atoms with Crippen molar-refractivity contribution in [3.8, 4) is 0 Å². The fourth-order valence-electron chi connectivity index (χ4n) is 2.60. The minimum atomic E-state index is 0.0836. The van der Waals surface area contributed by atoms with Gasteiger partial charge in [-0.1, -0.05) is 43.9 Å². The minimum Gasteiger partial charge on any atom is -0.349 e. The smallest absolute Gasteiger partial charge is 0.251 e. The van der Waals surface area contributed by atoms with Crippen molar-refractivity contribution in [2.45, 2.75) is 72.3 Å². The molecule has 0 radical (unpaired) electrons. The Balaban J connectivity index is 2.84. The Labute approximate surface area is 124 Å². The van der Waals surface area contributed by atoms with Crippen molar-refractivity contribution >= 4 is 5.91 Å². The monoisotopic (exact) mass is 275 g/mol. The normalized spacial score (nSPS) is 19.1. The second-order valence-corrected chi connectivity index (χ2v) is 5.69. The molecule has 0 unspecified atom stereocenters. The molecule has 1 fully saturated rings. The standard InChI is InChI=1S/C18H29NO/c1-5-10-15(4)17(13-14(3)6-2)18(20)19-16-11-8-7-9-12-16/h6,10,13,16H,5,7-9,11-12H2,1-4H3,(H,19,20)/b14-6-,15-10+,17-13+. The van der Waals surface area contributed by atoms with Crippen LogP contribution in [0.4, 0.5) is 0 Å². The molecule has 112 valence electrons. The van der Waals surface area contributed by atoms with Crippen molar-refractivity contribution in [2.75, 3.05) is 0 Å². The third kappa shape index (κ3) is 5.36. The lowest BCUT2D eigenvalue weighted by molar-refractivity contribution is -0.118. The highest BCUT2D eigenvalue weighted by molar-refractivity contribution is 5.98. The number of amides is 1. The summed E-state index contributed by atoms with van der Waals surface area (Å²) >= 11 is 0. The maximum Gasteiger partial charge on any atom is 0.251 e. The second-order valence-electron chi connectivity index (χ2n) is 5.69. The number of carbonyl (C=O) groups is 1. The highest BCUT2D eigenvalue weighted by atomic mass is 16.1. The van der Waals surface area contributed by atoms with Gasteiger partial charge in [-0.2, -0.15) is 0 Å². The van der Waals surface area contributed by atoms with Gasteiger partial charge in [0.15, 0.2) is 0 Å². The van der Waals surface area contributed by atoms with E-state index in [4.69, 9.17) is 0 Å². The molecule has 0 bridgehead atoms. The molecule has 1 amide bonds. The van der Waals surface area contributed by atoms with E-state index >= 15 is 0 Å². The van der Waals surface area contributed by atoms with Crippen molar-refractivity contribution in [2.24, 2.45) is 0 Å². The molecule has 2 heteroatoms. The van der Waals surface area contributed by atoms with E-state index < -0.39 is 0 Å². The van der Waals surface area contributed by atoms with Crippen LogP contribution in [0.1, 0.15) is 66.2 Å². The summed E-state index contributed by atoms with van der Waals surface area (Å²) in [5.74, 6) is 0.0836. The molecule has 0 aromatic carbocycles. The first-order valence-electron chi connectivity index (χ1n) is 7.91. The fraction of sp³-hybridized carbons (Fsp3) is 0.611. The average molecular weight is 275 g/mol. The summed E-state index contributed by atoms with van der Waals surface area (Å²) in [7, 11) is 0. The summed E-state index contributed by atoms with van der Waals surface area (Å²) in [5, 5.41) is 3.21. The highest BCUT2D eigenvalue weighted by Crippen LogP contribution is 2.19. The molecule has 0 heterocycles. The number of rotatable bonds is 5. The molecular formula is C18H29NO. The Bertz CT molecular complexity index is 409.